The Morgan fingerprint density at radius 2 is 1.08 bits per heavy atom. The molecule has 0 saturated heterocycles. The third-order valence-corrected chi connectivity index (χ3v) is 13.2. The second-order valence-corrected chi connectivity index (χ2v) is 19.0. The van der Waals surface area contributed by atoms with Crippen molar-refractivity contribution in [3.05, 3.63) is 150 Å². The highest BCUT2D eigenvalue weighted by Gasteiger charge is 2.51. The number of rotatable bonds is 3. The van der Waals surface area contributed by atoms with Crippen molar-refractivity contribution in [2.24, 2.45) is 0 Å². The minimum atomic E-state index is -0.308. The van der Waals surface area contributed by atoms with Crippen LogP contribution in [0.3, 0.4) is 0 Å². The molecule has 0 bridgehead atoms. The first-order chi connectivity index (χ1) is 29.5. The number of anilines is 2. The molecule has 1 amide bonds. The van der Waals surface area contributed by atoms with Crippen molar-refractivity contribution in [1.29, 1.82) is 0 Å². The number of nitrogens with zero attached hydrogens (tertiary/aromatic N) is 5. The fourth-order valence-electron chi connectivity index (χ4n) is 10.7. The zero-order valence-corrected chi connectivity index (χ0v) is 34.8. The highest BCUT2D eigenvalue weighted by Crippen LogP contribution is 2.52. The number of carbonyl (C=O) groups is 1. The van der Waals surface area contributed by atoms with Gasteiger partial charge in [0.15, 0.2) is 11.5 Å². The maximum Gasteiger partial charge on any atom is 0.262 e. The van der Waals surface area contributed by atoms with Gasteiger partial charge in [0.05, 0.1) is 45.2 Å². The molecule has 0 unspecified atom stereocenters. The molecule has 7 aromatic carbocycles. The van der Waals surface area contributed by atoms with E-state index < -0.39 is 0 Å². The first-order valence-electron chi connectivity index (χ1n) is 21.2. The number of carbonyl (C=O) groups excluding carboxylic acids is 1. The molecule has 0 spiro atoms. The van der Waals surface area contributed by atoms with Crippen molar-refractivity contribution in [2.75, 3.05) is 4.90 Å². The van der Waals surface area contributed by atoms with Crippen LogP contribution in [0.2, 0.25) is 0 Å². The molecular weight excluding hydrogens is 749 g/mol. The fraction of sp³-hybridized carbons (Fsp3) is 0.151. The van der Waals surface area contributed by atoms with Crippen molar-refractivity contribution >= 4 is 62.2 Å². The Bertz CT molecular complexity index is 3380. The Labute approximate surface area is 353 Å². The molecule has 4 aliphatic heterocycles. The molecule has 9 aromatic rings. The Morgan fingerprint density at radius 1 is 0.508 bits per heavy atom. The maximum absolute atomic E-state index is 15.5. The first-order valence-corrected chi connectivity index (χ1v) is 21.2. The number of aromatic nitrogens is 4. The molecule has 0 fully saturated rings. The zero-order chi connectivity index (χ0) is 41.3. The van der Waals surface area contributed by atoms with E-state index in [0.29, 0.717) is 17.1 Å². The van der Waals surface area contributed by atoms with Gasteiger partial charge in [-0.2, -0.15) is 10.2 Å². The molecule has 7 nitrogen and oxygen atoms in total. The molecule has 61 heavy (non-hydrogen) atoms. The molecule has 0 N–H and O–H groups in total. The van der Waals surface area contributed by atoms with E-state index in [2.05, 4.69) is 160 Å². The Kier molecular flexibility index (Phi) is 6.56. The Hall–Kier alpha value is -7.19. The van der Waals surface area contributed by atoms with E-state index >= 15 is 4.79 Å². The van der Waals surface area contributed by atoms with Gasteiger partial charge < -0.3 is 4.74 Å². The molecule has 4 aliphatic rings. The van der Waals surface area contributed by atoms with Crippen LogP contribution in [-0.4, -0.2) is 32.2 Å². The molecule has 292 valence electrons. The molecule has 0 saturated carbocycles. The van der Waals surface area contributed by atoms with Crippen LogP contribution in [0.5, 0.6) is 11.5 Å². The summed E-state index contributed by atoms with van der Waals surface area (Å²) in [6.45, 7) is 13.0. The molecule has 0 aliphatic carbocycles. The zero-order valence-electron chi connectivity index (χ0n) is 34.8. The van der Waals surface area contributed by atoms with E-state index in [1.807, 2.05) is 29.2 Å². The summed E-state index contributed by atoms with van der Waals surface area (Å²) in [5, 5.41) is 13.3. The summed E-state index contributed by atoms with van der Waals surface area (Å²) in [7, 11) is 0. The molecule has 0 radical (unpaired) electrons. The number of ether oxygens (including phenoxy) is 1. The van der Waals surface area contributed by atoms with Gasteiger partial charge in [0.1, 0.15) is 0 Å². The quantitative estimate of drug-likeness (QED) is 0.167. The smallest absolute Gasteiger partial charge is 0.262 e. The summed E-state index contributed by atoms with van der Waals surface area (Å²) in [5.41, 5.74) is 17.5. The number of fused-ring (bicyclic) bond motifs is 4. The summed E-state index contributed by atoms with van der Waals surface area (Å²) in [6.07, 6.45) is 0. The van der Waals surface area contributed by atoms with Crippen molar-refractivity contribution in [1.82, 2.24) is 19.6 Å². The fourth-order valence-corrected chi connectivity index (χ4v) is 10.7. The average Bonchev–Trinajstić information content (AvgIpc) is 3.83. The Morgan fingerprint density at radius 3 is 1.70 bits per heavy atom. The van der Waals surface area contributed by atoms with Gasteiger partial charge in [-0.05, 0) is 86.2 Å². The van der Waals surface area contributed by atoms with Crippen molar-refractivity contribution < 1.29 is 9.53 Å². The van der Waals surface area contributed by atoms with Crippen molar-refractivity contribution in [3.63, 3.8) is 0 Å². The second-order valence-electron chi connectivity index (χ2n) is 19.0. The van der Waals surface area contributed by atoms with Crippen LogP contribution in [0.25, 0.3) is 66.6 Å². The van der Waals surface area contributed by atoms with Gasteiger partial charge in [-0.15, -0.1) is 0 Å². The highest BCUT2D eigenvalue weighted by atomic mass is 16.5. The highest BCUT2D eigenvalue weighted by molar-refractivity contribution is 7.02. The molecular formula is C53H40BN5O2. The predicted molar refractivity (Wildman–Crippen MR) is 247 cm³/mol. The van der Waals surface area contributed by atoms with Gasteiger partial charge >= 0.3 is 0 Å². The van der Waals surface area contributed by atoms with Crippen LogP contribution >= 0.6 is 0 Å². The number of para-hydroxylation sites is 2. The molecule has 8 heteroatoms. The van der Waals surface area contributed by atoms with Gasteiger partial charge in [0.2, 0.25) is 0 Å². The number of hydrogen-bond acceptors (Lipinski definition) is 4. The van der Waals surface area contributed by atoms with Crippen molar-refractivity contribution in [2.45, 2.75) is 52.4 Å². The lowest BCUT2D eigenvalue weighted by molar-refractivity contribution is 0.0998. The molecule has 0 atom stereocenters. The van der Waals surface area contributed by atoms with Gasteiger partial charge in [-0.25, -0.2) is 9.36 Å². The van der Waals surface area contributed by atoms with E-state index in [4.69, 9.17) is 14.9 Å². The van der Waals surface area contributed by atoms with Crippen LogP contribution in [0.15, 0.2) is 133 Å². The van der Waals surface area contributed by atoms with E-state index in [1.165, 1.54) is 0 Å². The summed E-state index contributed by atoms with van der Waals surface area (Å²) in [6, 6.07) is 46.9. The van der Waals surface area contributed by atoms with Crippen LogP contribution in [0.4, 0.5) is 11.4 Å². The number of amides is 1. The monoisotopic (exact) mass is 789 g/mol. The van der Waals surface area contributed by atoms with E-state index in [1.54, 1.807) is 0 Å². The summed E-state index contributed by atoms with van der Waals surface area (Å²) in [4.78, 5) is 17.5. The van der Waals surface area contributed by atoms with E-state index in [-0.39, 0.29) is 23.4 Å². The van der Waals surface area contributed by atoms with Gasteiger partial charge in [-0.3, -0.25) is 9.69 Å². The molecule has 2 aromatic heterocycles. The SMILES string of the molecule is CC(C)(C)c1nn2c3c4c(ccc13)C(=O)N1c3ccccc3Oc3cc5c(C(C)(C)C)nn6c5c(c31)B4c1c-2cc(-c2c(-c3ccccc3)cccc2-c2ccccc2)cc1-6. The lowest BCUT2D eigenvalue weighted by Gasteiger charge is -2.35. The first kappa shape index (κ1) is 34.7. The maximum atomic E-state index is 15.5. The average molecular weight is 790 g/mol. The largest absolute Gasteiger partial charge is 0.453 e. The predicted octanol–water partition coefficient (Wildman–Crippen LogP) is 10.5. The summed E-state index contributed by atoms with van der Waals surface area (Å²) >= 11 is 0. The third-order valence-electron chi connectivity index (χ3n) is 13.2. The third kappa shape index (κ3) is 4.46. The normalized spacial score (nSPS) is 14.2. The lowest BCUT2D eigenvalue weighted by Crippen LogP contribution is -2.60. The van der Waals surface area contributed by atoms with Crippen LogP contribution in [-0.2, 0) is 10.8 Å². The minimum absolute atomic E-state index is 0.0722. The number of benzene rings is 7. The standard InChI is InChI=1S/C53H40BN5O2/c1-52(2,3)49-35-25-24-34-43-46(35)58(55-49)38-26-31(42-32(29-16-9-7-10-17-29)20-15-21-33(42)30-18-11-8-12-19-30)27-39-44(38)54(43)45-47-36(50(53(4,5)6)56-59(39)47)28-41-48(45)57(51(34)60)37-22-13-14-23-40(37)61-41/h7-28H,1-6H3. The number of hydrogen-bond donors (Lipinski definition) is 0. The molecule has 6 heterocycles. The van der Waals surface area contributed by atoms with E-state index in [9.17, 15) is 0 Å². The van der Waals surface area contributed by atoms with Crippen LogP contribution < -0.4 is 26.0 Å². The second kappa shape index (κ2) is 11.5. The van der Waals surface area contributed by atoms with Crippen LogP contribution in [0.1, 0.15) is 63.3 Å². The van der Waals surface area contributed by atoms with E-state index in [0.717, 1.165) is 106 Å². The topological polar surface area (TPSA) is 65.2 Å². The summed E-state index contributed by atoms with van der Waals surface area (Å²) < 4.78 is 11.2. The van der Waals surface area contributed by atoms with Crippen LogP contribution in [0, 0.1) is 0 Å². The van der Waals surface area contributed by atoms with Gasteiger partial charge in [-0.1, -0.05) is 139 Å². The minimum Gasteiger partial charge on any atom is -0.453 e. The van der Waals surface area contributed by atoms with Crippen molar-refractivity contribution in [3.8, 4) is 56.3 Å². The Balaban J connectivity index is 1.24. The molecule has 13 rings (SSSR count). The van der Waals surface area contributed by atoms with Gasteiger partial charge in [0.25, 0.3) is 12.6 Å². The lowest BCUT2D eigenvalue weighted by atomic mass is 9.33. The summed E-state index contributed by atoms with van der Waals surface area (Å²) in [5.74, 6) is 1.25. The van der Waals surface area contributed by atoms with Gasteiger partial charge in [0, 0.05) is 27.2 Å².